The minimum Gasteiger partial charge on any atom is -0.497 e. The van der Waals surface area contributed by atoms with Gasteiger partial charge in [0.1, 0.15) is 17.7 Å². The van der Waals surface area contributed by atoms with Crippen molar-refractivity contribution in [3.8, 4) is 17.6 Å². The van der Waals surface area contributed by atoms with Gasteiger partial charge in [-0.2, -0.15) is 0 Å². The largest absolute Gasteiger partial charge is 0.497 e. The molecule has 1 aliphatic rings. The molecular formula is C29H29F4N3O4. The lowest BCUT2D eigenvalue weighted by molar-refractivity contribution is -0.143. The number of methoxy groups -OCH3 is 1. The van der Waals surface area contributed by atoms with Crippen molar-refractivity contribution in [3.05, 3.63) is 70.7 Å². The Morgan fingerprint density at radius 2 is 1.98 bits per heavy atom. The van der Waals surface area contributed by atoms with Crippen molar-refractivity contribution in [1.29, 1.82) is 0 Å². The van der Waals surface area contributed by atoms with Crippen molar-refractivity contribution < 1.29 is 37.4 Å². The molecule has 1 aliphatic heterocycles. The lowest BCUT2D eigenvalue weighted by Crippen LogP contribution is -2.48. The van der Waals surface area contributed by atoms with Crippen molar-refractivity contribution in [2.45, 2.75) is 38.5 Å². The van der Waals surface area contributed by atoms with Crippen LogP contribution in [-0.2, 0) is 11.4 Å². The number of aromatic nitrogens is 1. The number of nitrogens with one attached hydrogen (secondary N) is 1. The summed E-state index contributed by atoms with van der Waals surface area (Å²) in [6, 6.07) is 6.32. The van der Waals surface area contributed by atoms with E-state index in [1.807, 2.05) is 4.90 Å². The molecule has 3 N–H and O–H groups in total. The summed E-state index contributed by atoms with van der Waals surface area (Å²) in [4.78, 5) is 18.9. The number of pyridine rings is 1. The highest BCUT2D eigenvalue weighted by atomic mass is 19.2. The quantitative estimate of drug-likeness (QED) is 0.123. The summed E-state index contributed by atoms with van der Waals surface area (Å²) >= 11 is 0. The third-order valence-electron chi connectivity index (χ3n) is 7.47. The molecule has 0 bridgehead atoms. The molecule has 7 nitrogen and oxygen atoms in total. The molecule has 0 aliphatic carbocycles. The van der Waals surface area contributed by atoms with Gasteiger partial charge in [0.2, 0.25) is 5.91 Å². The minimum atomic E-state index is -1.53. The van der Waals surface area contributed by atoms with Gasteiger partial charge >= 0.3 is 0 Å². The Balaban J connectivity index is 1.47. The molecule has 2 heterocycles. The summed E-state index contributed by atoms with van der Waals surface area (Å²) in [7, 11) is 1.49. The van der Waals surface area contributed by atoms with Crippen LogP contribution in [0.2, 0.25) is 0 Å². The van der Waals surface area contributed by atoms with E-state index < -0.39 is 41.6 Å². The van der Waals surface area contributed by atoms with E-state index in [1.165, 1.54) is 13.3 Å². The number of piperidine rings is 1. The first-order valence-corrected chi connectivity index (χ1v) is 12.7. The van der Waals surface area contributed by atoms with E-state index in [4.69, 9.17) is 4.74 Å². The summed E-state index contributed by atoms with van der Waals surface area (Å²) in [6.45, 7) is 0.484. The standard InChI is InChI=1S/C29H29F4N3O4/c1-40-21-4-5-25-22(15-21)26(19(17-37)16-34-25)23(31)6-7-29(28(38)35-39)8-11-36(12-9-29)10-2-3-18-13-20(30)14-24(32)27(18)33/h4-5,13-16,23,37,39H,6-12,17H2,1H3,(H,35,38). The third-order valence-corrected chi connectivity index (χ3v) is 7.47. The number of hydroxylamine groups is 1. The van der Waals surface area contributed by atoms with Gasteiger partial charge in [-0.3, -0.25) is 19.9 Å². The van der Waals surface area contributed by atoms with Gasteiger partial charge in [0, 0.05) is 41.9 Å². The number of hydrogen-bond acceptors (Lipinski definition) is 6. The van der Waals surface area contributed by atoms with Gasteiger partial charge < -0.3 is 9.84 Å². The molecule has 40 heavy (non-hydrogen) atoms. The maximum absolute atomic E-state index is 15.8. The molecule has 1 fully saturated rings. The average Bonchev–Trinajstić information content (AvgIpc) is 2.97. The molecule has 212 valence electrons. The van der Waals surface area contributed by atoms with Crippen LogP contribution in [0.3, 0.4) is 0 Å². The topological polar surface area (TPSA) is 94.9 Å². The van der Waals surface area contributed by atoms with Crippen LogP contribution in [0.4, 0.5) is 17.6 Å². The number of carbonyl (C=O) groups excluding carboxylic acids is 1. The van der Waals surface area contributed by atoms with E-state index in [9.17, 15) is 28.3 Å². The first-order chi connectivity index (χ1) is 19.2. The van der Waals surface area contributed by atoms with Crippen molar-refractivity contribution in [2.75, 3.05) is 26.7 Å². The zero-order valence-electron chi connectivity index (χ0n) is 21.8. The molecule has 1 atom stereocenters. The number of aliphatic hydroxyl groups is 1. The van der Waals surface area contributed by atoms with Crippen molar-refractivity contribution in [3.63, 3.8) is 0 Å². The number of likely N-dealkylation sites (tertiary alicyclic amines) is 1. The van der Waals surface area contributed by atoms with Crippen molar-refractivity contribution in [1.82, 2.24) is 15.4 Å². The fraction of sp³-hybridized carbons (Fsp3) is 0.379. The fourth-order valence-electron chi connectivity index (χ4n) is 5.15. The van der Waals surface area contributed by atoms with Gasteiger partial charge in [0.15, 0.2) is 11.6 Å². The second-order valence-electron chi connectivity index (χ2n) is 9.79. The van der Waals surface area contributed by atoms with Crippen LogP contribution in [0.25, 0.3) is 10.9 Å². The van der Waals surface area contributed by atoms with Gasteiger partial charge in [-0.1, -0.05) is 11.8 Å². The number of ether oxygens (including phenoxy) is 1. The Hall–Kier alpha value is -3.72. The van der Waals surface area contributed by atoms with Gasteiger partial charge in [0.05, 0.1) is 36.8 Å². The molecule has 0 spiro atoms. The summed E-state index contributed by atoms with van der Waals surface area (Å²) in [5, 5.41) is 19.8. The molecule has 2 aromatic carbocycles. The van der Waals surface area contributed by atoms with E-state index in [0.29, 0.717) is 41.4 Å². The number of hydrogen-bond donors (Lipinski definition) is 3. The number of carbonyl (C=O) groups is 1. The molecule has 1 aromatic heterocycles. The summed E-state index contributed by atoms with van der Waals surface area (Å²) in [6.07, 6.45) is 0.529. The molecule has 4 rings (SSSR count). The van der Waals surface area contributed by atoms with Gasteiger partial charge in [-0.15, -0.1) is 0 Å². The van der Waals surface area contributed by atoms with Gasteiger partial charge in [-0.25, -0.2) is 23.0 Å². The first kappa shape index (κ1) is 29.3. The number of rotatable bonds is 8. The Bertz CT molecular complexity index is 1440. The second-order valence-corrected chi connectivity index (χ2v) is 9.79. The SMILES string of the molecule is COc1ccc2ncc(CO)c(C(F)CCC3(C(=O)NO)CCN(CC#Cc4cc(F)cc(F)c4F)CC3)c2c1. The Morgan fingerprint density at radius 3 is 2.65 bits per heavy atom. The monoisotopic (exact) mass is 559 g/mol. The van der Waals surface area contributed by atoms with Gasteiger partial charge in [0.25, 0.3) is 0 Å². The lowest BCUT2D eigenvalue weighted by Gasteiger charge is -2.40. The minimum absolute atomic E-state index is 0.0546. The maximum Gasteiger partial charge on any atom is 0.249 e. The zero-order valence-corrected chi connectivity index (χ0v) is 21.8. The molecule has 1 saturated heterocycles. The third kappa shape index (κ3) is 6.20. The van der Waals surface area contributed by atoms with Crippen LogP contribution < -0.4 is 10.2 Å². The molecule has 3 aromatic rings. The maximum atomic E-state index is 15.8. The van der Waals surface area contributed by atoms with Crippen LogP contribution in [0.15, 0.2) is 36.5 Å². The molecular weight excluding hydrogens is 530 g/mol. The molecule has 1 unspecified atom stereocenters. The van der Waals surface area contributed by atoms with Crippen LogP contribution in [0, 0.1) is 34.7 Å². The molecule has 0 radical (unpaired) electrons. The van der Waals surface area contributed by atoms with Crippen LogP contribution in [0.1, 0.15) is 48.5 Å². The van der Waals surface area contributed by atoms with Crippen molar-refractivity contribution in [2.24, 2.45) is 5.41 Å². The highest BCUT2D eigenvalue weighted by Gasteiger charge is 2.41. The summed E-state index contributed by atoms with van der Waals surface area (Å²) < 4.78 is 61.7. The first-order valence-electron chi connectivity index (χ1n) is 12.7. The van der Waals surface area contributed by atoms with E-state index in [1.54, 1.807) is 23.7 Å². The van der Waals surface area contributed by atoms with E-state index >= 15 is 4.39 Å². The number of benzene rings is 2. The number of alkyl halides is 1. The van der Waals surface area contributed by atoms with Crippen LogP contribution in [-0.4, -0.2) is 52.8 Å². The number of halogens is 4. The van der Waals surface area contributed by atoms with Crippen LogP contribution in [0.5, 0.6) is 5.75 Å². The number of aliphatic hydroxyl groups excluding tert-OH is 1. The highest BCUT2D eigenvalue weighted by Crippen LogP contribution is 2.41. The average molecular weight is 560 g/mol. The molecule has 1 amide bonds. The van der Waals surface area contributed by atoms with E-state index in [-0.39, 0.29) is 43.4 Å². The predicted octanol–water partition coefficient (Wildman–Crippen LogP) is 4.58. The molecule has 0 saturated carbocycles. The number of amides is 1. The molecule has 11 heteroatoms. The smallest absolute Gasteiger partial charge is 0.249 e. The fourth-order valence-corrected chi connectivity index (χ4v) is 5.15. The number of fused-ring (bicyclic) bond motifs is 1. The normalized spacial score (nSPS) is 15.8. The van der Waals surface area contributed by atoms with E-state index in [0.717, 1.165) is 6.07 Å². The zero-order chi connectivity index (χ0) is 28.9. The Kier molecular flexibility index (Phi) is 9.25. The summed E-state index contributed by atoms with van der Waals surface area (Å²) in [5.74, 6) is 1.55. The number of nitrogens with zero attached hydrogens (tertiary/aromatic N) is 2. The van der Waals surface area contributed by atoms with Crippen molar-refractivity contribution >= 4 is 16.8 Å². The summed E-state index contributed by atoms with van der Waals surface area (Å²) in [5.41, 5.74) is 1.42. The predicted molar refractivity (Wildman–Crippen MR) is 139 cm³/mol. The lowest BCUT2D eigenvalue weighted by atomic mass is 9.73. The van der Waals surface area contributed by atoms with Gasteiger partial charge in [-0.05, 0) is 49.9 Å². The second kappa shape index (κ2) is 12.6. The van der Waals surface area contributed by atoms with E-state index in [2.05, 4.69) is 16.8 Å². The Labute approximate surface area is 228 Å². The van der Waals surface area contributed by atoms with Crippen LogP contribution >= 0.6 is 0 Å². The Morgan fingerprint density at radius 1 is 1.23 bits per heavy atom. The highest BCUT2D eigenvalue weighted by molar-refractivity contribution is 5.85.